The van der Waals surface area contributed by atoms with Crippen molar-refractivity contribution in [2.24, 2.45) is 0 Å². The summed E-state index contributed by atoms with van der Waals surface area (Å²) in [5.74, 6) is 0. The summed E-state index contributed by atoms with van der Waals surface area (Å²) in [5, 5.41) is 23.8. The Hall–Kier alpha value is -1.86. The molecule has 0 amide bonds. The van der Waals surface area contributed by atoms with Crippen molar-refractivity contribution < 1.29 is 4.92 Å². The number of nitro groups is 1. The number of hydrogen-bond acceptors (Lipinski definition) is 6. The fourth-order valence-corrected chi connectivity index (χ4v) is 2.48. The Morgan fingerprint density at radius 1 is 1.42 bits per heavy atom. The second kappa shape index (κ2) is 5.85. The van der Waals surface area contributed by atoms with Gasteiger partial charge in [0.25, 0.3) is 5.69 Å². The molecule has 1 aromatic carbocycles. The zero-order chi connectivity index (χ0) is 13.8. The number of nitrogens with one attached hydrogen (secondary N) is 1. The Morgan fingerprint density at radius 2 is 2.21 bits per heavy atom. The first kappa shape index (κ1) is 13.6. The van der Waals surface area contributed by atoms with E-state index in [9.17, 15) is 10.1 Å². The minimum atomic E-state index is -0.373. The summed E-state index contributed by atoms with van der Waals surface area (Å²) in [5.41, 5.74) is 1.50. The first-order valence-electron chi connectivity index (χ1n) is 5.84. The molecule has 0 radical (unpaired) electrons. The molecule has 0 atom stereocenters. The zero-order valence-corrected chi connectivity index (χ0v) is 11.5. The lowest BCUT2D eigenvalue weighted by Crippen LogP contribution is -2.09. The third kappa shape index (κ3) is 3.12. The van der Waals surface area contributed by atoms with Gasteiger partial charge < -0.3 is 5.32 Å². The maximum atomic E-state index is 10.9. The van der Waals surface area contributed by atoms with Gasteiger partial charge >= 0.3 is 0 Å². The van der Waals surface area contributed by atoms with Crippen LogP contribution >= 0.6 is 11.3 Å². The summed E-state index contributed by atoms with van der Waals surface area (Å²) < 4.78 is 0. The Balaban J connectivity index is 2.29. The molecule has 1 heterocycles. The van der Waals surface area contributed by atoms with Crippen LogP contribution in [0.25, 0.3) is 10.6 Å². The number of aryl methyl sites for hydroxylation is 1. The summed E-state index contributed by atoms with van der Waals surface area (Å²) in [6.45, 7) is 2.56. The highest BCUT2D eigenvalue weighted by atomic mass is 32.1. The first-order chi connectivity index (χ1) is 9.11. The molecule has 0 saturated heterocycles. The van der Waals surface area contributed by atoms with E-state index in [-0.39, 0.29) is 10.6 Å². The minimum absolute atomic E-state index is 0.115. The average molecular weight is 278 g/mol. The number of rotatable bonds is 5. The normalized spacial score (nSPS) is 10.6. The highest BCUT2D eigenvalue weighted by Crippen LogP contribution is 2.28. The average Bonchev–Trinajstić information content (AvgIpc) is 2.85. The smallest absolute Gasteiger partial charge is 0.273 e. The Labute approximate surface area is 114 Å². The van der Waals surface area contributed by atoms with Gasteiger partial charge in [0.1, 0.15) is 10.0 Å². The summed E-state index contributed by atoms with van der Waals surface area (Å²) >= 11 is 1.47. The summed E-state index contributed by atoms with van der Waals surface area (Å²) in [7, 11) is 1.88. The van der Waals surface area contributed by atoms with Crippen LogP contribution in [0.4, 0.5) is 5.69 Å². The molecule has 19 heavy (non-hydrogen) atoms. The lowest BCUT2D eigenvalue weighted by Gasteiger charge is -1.99. The summed E-state index contributed by atoms with van der Waals surface area (Å²) in [6, 6.07) is 5.13. The van der Waals surface area contributed by atoms with Crippen molar-refractivity contribution >= 4 is 17.0 Å². The molecule has 0 saturated carbocycles. The van der Waals surface area contributed by atoms with E-state index >= 15 is 0 Å². The van der Waals surface area contributed by atoms with Gasteiger partial charge in [-0.3, -0.25) is 10.1 Å². The molecule has 0 spiro atoms. The Bertz CT molecular complexity index is 597. The first-order valence-corrected chi connectivity index (χ1v) is 6.66. The second-order valence-electron chi connectivity index (χ2n) is 4.11. The molecule has 0 aliphatic carbocycles. The molecule has 6 nitrogen and oxygen atoms in total. The van der Waals surface area contributed by atoms with Gasteiger partial charge in [-0.2, -0.15) is 0 Å². The largest absolute Gasteiger partial charge is 0.319 e. The minimum Gasteiger partial charge on any atom is -0.319 e. The quantitative estimate of drug-likeness (QED) is 0.669. The topological polar surface area (TPSA) is 81.0 Å². The number of aromatic nitrogens is 2. The van der Waals surface area contributed by atoms with E-state index in [1.54, 1.807) is 19.1 Å². The van der Waals surface area contributed by atoms with Gasteiger partial charge in [-0.1, -0.05) is 23.5 Å². The SMILES string of the molecule is CNCCc1nnc(-c2ccc(C)c([N+](=O)[O-])c2)s1. The molecule has 0 bridgehead atoms. The van der Waals surface area contributed by atoms with Gasteiger partial charge in [-0.15, -0.1) is 10.2 Å². The molecule has 100 valence electrons. The maximum Gasteiger partial charge on any atom is 0.273 e. The van der Waals surface area contributed by atoms with E-state index in [1.165, 1.54) is 11.3 Å². The second-order valence-corrected chi connectivity index (χ2v) is 5.17. The van der Waals surface area contributed by atoms with E-state index in [0.29, 0.717) is 10.6 Å². The fraction of sp³-hybridized carbons (Fsp3) is 0.333. The number of nitro benzene ring substituents is 1. The molecule has 0 aliphatic rings. The van der Waals surface area contributed by atoms with E-state index < -0.39 is 0 Å². The molecule has 0 aliphatic heterocycles. The monoisotopic (exact) mass is 278 g/mol. The van der Waals surface area contributed by atoms with Gasteiger partial charge in [-0.25, -0.2) is 0 Å². The van der Waals surface area contributed by atoms with Crippen LogP contribution in [0.1, 0.15) is 10.6 Å². The van der Waals surface area contributed by atoms with Crippen LogP contribution in [0, 0.1) is 17.0 Å². The lowest BCUT2D eigenvalue weighted by molar-refractivity contribution is -0.385. The molecule has 2 rings (SSSR count). The number of nitrogens with zero attached hydrogens (tertiary/aromatic N) is 3. The predicted molar refractivity (Wildman–Crippen MR) is 74.4 cm³/mol. The molecule has 1 aromatic heterocycles. The van der Waals surface area contributed by atoms with Crippen LogP contribution in [-0.4, -0.2) is 28.7 Å². The fourth-order valence-electron chi connectivity index (χ4n) is 1.64. The van der Waals surface area contributed by atoms with Crippen LogP contribution in [0.2, 0.25) is 0 Å². The molecule has 1 N–H and O–H groups in total. The van der Waals surface area contributed by atoms with Gasteiger partial charge in [0.15, 0.2) is 0 Å². The van der Waals surface area contributed by atoms with Crippen LogP contribution in [-0.2, 0) is 6.42 Å². The van der Waals surface area contributed by atoms with E-state index in [2.05, 4.69) is 15.5 Å². The molecular formula is C12H14N4O2S. The van der Waals surface area contributed by atoms with Gasteiger partial charge in [0.05, 0.1) is 4.92 Å². The highest BCUT2D eigenvalue weighted by molar-refractivity contribution is 7.14. The highest BCUT2D eigenvalue weighted by Gasteiger charge is 2.14. The third-order valence-corrected chi connectivity index (χ3v) is 3.74. The lowest BCUT2D eigenvalue weighted by atomic mass is 10.1. The van der Waals surface area contributed by atoms with Crippen molar-refractivity contribution in [3.8, 4) is 10.6 Å². The number of hydrogen-bond donors (Lipinski definition) is 1. The van der Waals surface area contributed by atoms with Crippen molar-refractivity contribution in [3.05, 3.63) is 38.9 Å². The Kier molecular flexibility index (Phi) is 4.18. The Morgan fingerprint density at radius 3 is 2.89 bits per heavy atom. The van der Waals surface area contributed by atoms with Gasteiger partial charge in [0, 0.05) is 30.2 Å². The van der Waals surface area contributed by atoms with Gasteiger partial charge in [0.2, 0.25) is 0 Å². The maximum absolute atomic E-state index is 10.9. The van der Waals surface area contributed by atoms with Crippen molar-refractivity contribution in [2.75, 3.05) is 13.6 Å². The molecule has 0 unspecified atom stereocenters. The van der Waals surface area contributed by atoms with Crippen LogP contribution in [0.5, 0.6) is 0 Å². The number of likely N-dealkylation sites (N-methyl/N-ethyl adjacent to an activating group) is 1. The zero-order valence-electron chi connectivity index (χ0n) is 10.7. The summed E-state index contributed by atoms with van der Waals surface area (Å²) in [6.07, 6.45) is 0.808. The van der Waals surface area contributed by atoms with Crippen molar-refractivity contribution in [3.63, 3.8) is 0 Å². The molecular weight excluding hydrogens is 264 g/mol. The van der Waals surface area contributed by atoms with Crippen molar-refractivity contribution in [1.29, 1.82) is 0 Å². The van der Waals surface area contributed by atoms with Crippen LogP contribution in [0.3, 0.4) is 0 Å². The van der Waals surface area contributed by atoms with E-state index in [1.807, 2.05) is 13.1 Å². The van der Waals surface area contributed by atoms with Crippen molar-refractivity contribution in [1.82, 2.24) is 15.5 Å². The standard InChI is InChI=1S/C12H14N4O2S/c1-8-3-4-9(7-10(8)16(17)18)12-15-14-11(19-12)5-6-13-2/h3-4,7,13H,5-6H2,1-2H3. The van der Waals surface area contributed by atoms with Crippen LogP contribution in [0.15, 0.2) is 18.2 Å². The van der Waals surface area contributed by atoms with Crippen molar-refractivity contribution in [2.45, 2.75) is 13.3 Å². The van der Waals surface area contributed by atoms with Crippen LogP contribution < -0.4 is 5.32 Å². The van der Waals surface area contributed by atoms with E-state index in [0.717, 1.165) is 23.5 Å². The molecule has 0 fully saturated rings. The summed E-state index contributed by atoms with van der Waals surface area (Å²) in [4.78, 5) is 10.5. The molecule has 2 aromatic rings. The van der Waals surface area contributed by atoms with Gasteiger partial charge in [-0.05, 0) is 14.0 Å². The molecule has 7 heteroatoms. The van der Waals surface area contributed by atoms with E-state index in [4.69, 9.17) is 0 Å². The predicted octanol–water partition coefficient (Wildman–Crippen LogP) is 2.18. The third-order valence-electron chi connectivity index (χ3n) is 2.71. The number of benzene rings is 1.